The molecule has 0 radical (unpaired) electrons. The number of fused-ring (bicyclic) bond motifs is 1. The van der Waals surface area contributed by atoms with E-state index in [1.54, 1.807) is 0 Å². The number of hydrogen-bond acceptors (Lipinski definition) is 6. The number of aromatic nitrogens is 3. The molecule has 0 bridgehead atoms. The SMILES string of the molecule is O=c1[nH]c(-c2ccccc2)nc2c1CN(Cc1ccc(N3CCOCC3)nc1)CC2. The first-order valence-electron chi connectivity index (χ1n) is 10.4. The zero-order chi connectivity index (χ0) is 20.3. The van der Waals surface area contributed by atoms with Crippen LogP contribution in [0.5, 0.6) is 0 Å². The standard InChI is InChI=1S/C23H25N5O2/c29-23-19-16-27(9-8-20(19)25-22(26-23)18-4-2-1-3-5-18)15-17-6-7-21(24-14-17)28-10-12-30-13-11-28/h1-7,14H,8-13,15-16H2,(H,25,26,29). The summed E-state index contributed by atoms with van der Waals surface area (Å²) < 4.78 is 5.41. The van der Waals surface area contributed by atoms with E-state index in [2.05, 4.69) is 31.9 Å². The maximum absolute atomic E-state index is 12.7. The molecule has 30 heavy (non-hydrogen) atoms. The summed E-state index contributed by atoms with van der Waals surface area (Å²) in [4.78, 5) is 29.6. The molecule has 1 fully saturated rings. The molecule has 0 spiro atoms. The number of rotatable bonds is 4. The van der Waals surface area contributed by atoms with Crippen molar-refractivity contribution in [3.8, 4) is 11.4 Å². The molecule has 0 amide bonds. The monoisotopic (exact) mass is 403 g/mol. The van der Waals surface area contributed by atoms with Crippen molar-refractivity contribution in [2.24, 2.45) is 0 Å². The number of nitrogens with one attached hydrogen (secondary N) is 1. The lowest BCUT2D eigenvalue weighted by molar-refractivity contribution is 0.122. The average Bonchev–Trinajstić information content (AvgIpc) is 2.81. The molecule has 1 N–H and O–H groups in total. The van der Waals surface area contributed by atoms with Gasteiger partial charge >= 0.3 is 0 Å². The fraction of sp³-hybridized carbons (Fsp3) is 0.348. The number of morpholine rings is 1. The smallest absolute Gasteiger partial charge is 0.255 e. The van der Waals surface area contributed by atoms with E-state index in [0.29, 0.717) is 12.4 Å². The molecule has 0 atom stereocenters. The van der Waals surface area contributed by atoms with Crippen LogP contribution in [0.25, 0.3) is 11.4 Å². The van der Waals surface area contributed by atoms with E-state index in [-0.39, 0.29) is 5.56 Å². The topological polar surface area (TPSA) is 74.4 Å². The Kier molecular flexibility index (Phi) is 5.29. The van der Waals surface area contributed by atoms with E-state index >= 15 is 0 Å². The normalized spacial score (nSPS) is 17.0. The zero-order valence-corrected chi connectivity index (χ0v) is 16.9. The first-order valence-corrected chi connectivity index (χ1v) is 10.4. The molecule has 4 heterocycles. The van der Waals surface area contributed by atoms with Gasteiger partial charge in [-0.15, -0.1) is 0 Å². The Balaban J connectivity index is 1.28. The third-order valence-corrected chi connectivity index (χ3v) is 5.75. The summed E-state index contributed by atoms with van der Waals surface area (Å²) in [5.41, 5.74) is 3.74. The second-order valence-electron chi connectivity index (χ2n) is 7.79. The van der Waals surface area contributed by atoms with Crippen LogP contribution in [-0.2, 0) is 24.2 Å². The number of H-pyrrole nitrogens is 1. The van der Waals surface area contributed by atoms with Crippen molar-refractivity contribution in [1.29, 1.82) is 0 Å². The van der Waals surface area contributed by atoms with Crippen LogP contribution in [0.15, 0.2) is 53.5 Å². The number of aromatic amines is 1. The van der Waals surface area contributed by atoms with Crippen molar-refractivity contribution in [3.05, 3.63) is 75.8 Å². The Morgan fingerprint density at radius 2 is 1.87 bits per heavy atom. The van der Waals surface area contributed by atoms with Crippen LogP contribution in [0.3, 0.4) is 0 Å². The highest BCUT2D eigenvalue weighted by Gasteiger charge is 2.22. The van der Waals surface area contributed by atoms with Gasteiger partial charge < -0.3 is 14.6 Å². The number of benzene rings is 1. The Hall–Kier alpha value is -3.03. The van der Waals surface area contributed by atoms with Crippen molar-refractivity contribution in [2.45, 2.75) is 19.5 Å². The quantitative estimate of drug-likeness (QED) is 0.720. The van der Waals surface area contributed by atoms with Crippen LogP contribution in [0, 0.1) is 0 Å². The lowest BCUT2D eigenvalue weighted by Crippen LogP contribution is -2.37. The van der Waals surface area contributed by atoms with Gasteiger partial charge in [0.15, 0.2) is 0 Å². The van der Waals surface area contributed by atoms with Gasteiger partial charge in [-0.05, 0) is 11.6 Å². The van der Waals surface area contributed by atoms with Gasteiger partial charge in [-0.3, -0.25) is 9.69 Å². The van der Waals surface area contributed by atoms with Crippen molar-refractivity contribution in [3.63, 3.8) is 0 Å². The third kappa shape index (κ3) is 3.99. The van der Waals surface area contributed by atoms with Crippen LogP contribution < -0.4 is 10.5 Å². The van der Waals surface area contributed by atoms with E-state index in [4.69, 9.17) is 9.72 Å². The largest absolute Gasteiger partial charge is 0.378 e. The predicted molar refractivity (Wildman–Crippen MR) is 115 cm³/mol. The summed E-state index contributed by atoms with van der Waals surface area (Å²) in [5, 5.41) is 0. The van der Waals surface area contributed by atoms with Gasteiger partial charge in [-0.2, -0.15) is 0 Å². The molecule has 0 aliphatic carbocycles. The van der Waals surface area contributed by atoms with Gasteiger partial charge in [0.05, 0.1) is 24.5 Å². The molecule has 2 aromatic heterocycles. The molecule has 7 nitrogen and oxygen atoms in total. The molecule has 0 saturated carbocycles. The summed E-state index contributed by atoms with van der Waals surface area (Å²) in [7, 11) is 0. The highest BCUT2D eigenvalue weighted by molar-refractivity contribution is 5.54. The summed E-state index contributed by atoms with van der Waals surface area (Å²) >= 11 is 0. The number of pyridine rings is 1. The Bertz CT molecular complexity index is 1060. The van der Waals surface area contributed by atoms with Gasteiger partial charge in [0, 0.05) is 50.9 Å². The molecule has 3 aromatic rings. The van der Waals surface area contributed by atoms with E-state index in [1.165, 1.54) is 0 Å². The Morgan fingerprint density at radius 3 is 2.63 bits per heavy atom. The Morgan fingerprint density at radius 1 is 1.03 bits per heavy atom. The summed E-state index contributed by atoms with van der Waals surface area (Å²) in [6.07, 6.45) is 2.72. The molecule has 7 heteroatoms. The highest BCUT2D eigenvalue weighted by atomic mass is 16.5. The molecule has 0 unspecified atom stereocenters. The average molecular weight is 403 g/mol. The van der Waals surface area contributed by atoms with Gasteiger partial charge in [0.25, 0.3) is 5.56 Å². The van der Waals surface area contributed by atoms with Crippen LogP contribution in [0.4, 0.5) is 5.82 Å². The van der Waals surface area contributed by atoms with Gasteiger partial charge in [-0.25, -0.2) is 9.97 Å². The highest BCUT2D eigenvalue weighted by Crippen LogP contribution is 2.20. The first-order chi connectivity index (χ1) is 14.8. The molecular weight excluding hydrogens is 378 g/mol. The fourth-order valence-corrected chi connectivity index (χ4v) is 4.10. The summed E-state index contributed by atoms with van der Waals surface area (Å²) in [6, 6.07) is 14.0. The van der Waals surface area contributed by atoms with Crippen molar-refractivity contribution in [1.82, 2.24) is 19.9 Å². The lowest BCUT2D eigenvalue weighted by atomic mass is 10.1. The third-order valence-electron chi connectivity index (χ3n) is 5.75. The maximum atomic E-state index is 12.7. The van der Waals surface area contributed by atoms with Crippen LogP contribution in [-0.4, -0.2) is 52.7 Å². The van der Waals surface area contributed by atoms with Crippen molar-refractivity contribution < 1.29 is 4.74 Å². The molecule has 2 aliphatic rings. The minimum absolute atomic E-state index is 0.0376. The number of ether oxygens (including phenoxy) is 1. The summed E-state index contributed by atoms with van der Waals surface area (Å²) in [5.74, 6) is 1.65. The Labute approximate surface area is 175 Å². The second-order valence-corrected chi connectivity index (χ2v) is 7.79. The van der Waals surface area contributed by atoms with E-state index < -0.39 is 0 Å². The molecule has 154 valence electrons. The molecular formula is C23H25N5O2. The van der Waals surface area contributed by atoms with Crippen LogP contribution in [0.2, 0.25) is 0 Å². The van der Waals surface area contributed by atoms with E-state index in [1.807, 2.05) is 36.5 Å². The van der Waals surface area contributed by atoms with Gasteiger partial charge in [0.2, 0.25) is 0 Å². The number of nitrogens with zero attached hydrogens (tertiary/aromatic N) is 4. The van der Waals surface area contributed by atoms with E-state index in [0.717, 1.165) is 74.0 Å². The second kappa shape index (κ2) is 8.38. The maximum Gasteiger partial charge on any atom is 0.255 e. The molecule has 5 rings (SSSR count). The predicted octanol–water partition coefficient (Wildman–Crippen LogP) is 2.23. The van der Waals surface area contributed by atoms with E-state index in [9.17, 15) is 4.79 Å². The first kappa shape index (κ1) is 19.0. The molecule has 1 saturated heterocycles. The summed E-state index contributed by atoms with van der Waals surface area (Å²) in [6.45, 7) is 5.54. The van der Waals surface area contributed by atoms with Crippen molar-refractivity contribution >= 4 is 5.82 Å². The van der Waals surface area contributed by atoms with Gasteiger partial charge in [0.1, 0.15) is 11.6 Å². The molecule has 2 aliphatic heterocycles. The van der Waals surface area contributed by atoms with Crippen LogP contribution in [0.1, 0.15) is 16.8 Å². The lowest BCUT2D eigenvalue weighted by Gasteiger charge is -2.29. The number of anilines is 1. The van der Waals surface area contributed by atoms with Crippen LogP contribution >= 0.6 is 0 Å². The van der Waals surface area contributed by atoms with Gasteiger partial charge in [-0.1, -0.05) is 36.4 Å². The minimum Gasteiger partial charge on any atom is -0.378 e. The molecule has 1 aromatic carbocycles. The fourth-order valence-electron chi connectivity index (χ4n) is 4.10. The van der Waals surface area contributed by atoms with Crippen molar-refractivity contribution in [2.75, 3.05) is 37.7 Å². The zero-order valence-electron chi connectivity index (χ0n) is 16.9. The minimum atomic E-state index is -0.0376. The number of hydrogen-bond donors (Lipinski definition) is 1.